The summed E-state index contributed by atoms with van der Waals surface area (Å²) in [6, 6.07) is 15.7. The van der Waals surface area contributed by atoms with Gasteiger partial charge < -0.3 is 20.4 Å². The number of hydrogen-bond donors (Lipinski definition) is 3. The van der Waals surface area contributed by atoms with E-state index in [1.165, 1.54) is 11.3 Å². The van der Waals surface area contributed by atoms with Crippen LogP contribution in [0.2, 0.25) is 0 Å². The highest BCUT2D eigenvalue weighted by Gasteiger charge is 2.24. The first-order chi connectivity index (χ1) is 14.6. The standard InChI is InChI=1S/C22H20N4O3S/c1-14-13-30-21(24-14)26-20(27)19(25-22(28)29-16-7-3-2-4-8-16)11-15-12-23-18-10-6-5-9-17(15)18/h2-10,12-13,19,23H,11H2,1H3,(H,25,28)(H,24,26,27). The van der Waals surface area contributed by atoms with Gasteiger partial charge in [0, 0.05) is 28.9 Å². The Morgan fingerprint density at radius 2 is 1.90 bits per heavy atom. The molecule has 8 heteroatoms. The van der Waals surface area contributed by atoms with Crippen molar-refractivity contribution < 1.29 is 14.3 Å². The number of hydrogen-bond acceptors (Lipinski definition) is 5. The van der Waals surface area contributed by atoms with E-state index >= 15 is 0 Å². The lowest BCUT2D eigenvalue weighted by molar-refractivity contribution is -0.118. The monoisotopic (exact) mass is 420 g/mol. The van der Waals surface area contributed by atoms with Crippen molar-refractivity contribution in [1.82, 2.24) is 15.3 Å². The number of carbonyl (C=O) groups is 2. The average Bonchev–Trinajstić information content (AvgIpc) is 3.34. The van der Waals surface area contributed by atoms with Gasteiger partial charge in [-0.2, -0.15) is 0 Å². The molecule has 4 aromatic rings. The van der Waals surface area contributed by atoms with Crippen LogP contribution in [0.4, 0.5) is 9.93 Å². The molecule has 0 saturated heterocycles. The smallest absolute Gasteiger partial charge is 0.410 e. The van der Waals surface area contributed by atoms with Crippen LogP contribution in [0.3, 0.4) is 0 Å². The van der Waals surface area contributed by atoms with Crippen molar-refractivity contribution in [1.29, 1.82) is 0 Å². The lowest BCUT2D eigenvalue weighted by Crippen LogP contribution is -2.46. The van der Waals surface area contributed by atoms with Crippen molar-refractivity contribution in [3.8, 4) is 5.75 Å². The van der Waals surface area contributed by atoms with Gasteiger partial charge in [0.15, 0.2) is 5.13 Å². The number of aromatic nitrogens is 2. The summed E-state index contributed by atoms with van der Waals surface area (Å²) in [5.74, 6) is 0.0384. The molecule has 0 aliphatic heterocycles. The number of H-pyrrole nitrogens is 1. The molecule has 0 aliphatic rings. The second-order valence-electron chi connectivity index (χ2n) is 6.75. The molecule has 2 aromatic carbocycles. The van der Waals surface area contributed by atoms with Crippen molar-refractivity contribution in [2.75, 3.05) is 5.32 Å². The van der Waals surface area contributed by atoms with Crippen LogP contribution in [0.5, 0.6) is 5.75 Å². The molecule has 30 heavy (non-hydrogen) atoms. The maximum Gasteiger partial charge on any atom is 0.413 e. The number of thiazole rings is 1. The zero-order chi connectivity index (χ0) is 20.9. The first-order valence-electron chi connectivity index (χ1n) is 9.40. The molecule has 0 fully saturated rings. The minimum Gasteiger partial charge on any atom is -0.410 e. The molecule has 0 bridgehead atoms. The van der Waals surface area contributed by atoms with Crippen molar-refractivity contribution >= 4 is 39.4 Å². The summed E-state index contributed by atoms with van der Waals surface area (Å²) in [4.78, 5) is 32.8. The number of anilines is 1. The zero-order valence-corrected chi connectivity index (χ0v) is 17.0. The Hall–Kier alpha value is -3.65. The van der Waals surface area contributed by atoms with E-state index in [0.29, 0.717) is 17.3 Å². The van der Waals surface area contributed by atoms with Crippen LogP contribution >= 0.6 is 11.3 Å². The highest BCUT2D eigenvalue weighted by Crippen LogP contribution is 2.20. The summed E-state index contributed by atoms with van der Waals surface area (Å²) < 4.78 is 5.31. The predicted octanol–water partition coefficient (Wildman–Crippen LogP) is 4.27. The summed E-state index contributed by atoms with van der Waals surface area (Å²) in [6.07, 6.45) is 1.45. The van der Waals surface area contributed by atoms with Crippen LogP contribution in [-0.4, -0.2) is 28.0 Å². The number of aryl methyl sites for hydroxylation is 1. The molecule has 152 valence electrons. The largest absolute Gasteiger partial charge is 0.413 e. The second kappa shape index (κ2) is 8.79. The summed E-state index contributed by atoms with van der Waals surface area (Å²) in [5.41, 5.74) is 2.70. The number of rotatable bonds is 6. The number of benzene rings is 2. The van der Waals surface area contributed by atoms with E-state index in [1.54, 1.807) is 24.3 Å². The van der Waals surface area contributed by atoms with Gasteiger partial charge in [-0.3, -0.25) is 4.79 Å². The van der Waals surface area contributed by atoms with E-state index in [-0.39, 0.29) is 5.91 Å². The predicted molar refractivity (Wildman–Crippen MR) is 117 cm³/mol. The Morgan fingerprint density at radius 1 is 1.13 bits per heavy atom. The minimum absolute atomic E-state index is 0.296. The molecular weight excluding hydrogens is 400 g/mol. The molecule has 3 N–H and O–H groups in total. The number of fused-ring (bicyclic) bond motifs is 1. The molecule has 7 nitrogen and oxygen atoms in total. The quantitative estimate of drug-likeness (QED) is 0.434. The van der Waals surface area contributed by atoms with Gasteiger partial charge >= 0.3 is 6.09 Å². The van der Waals surface area contributed by atoms with E-state index in [1.807, 2.05) is 48.8 Å². The number of nitrogens with zero attached hydrogens (tertiary/aromatic N) is 1. The number of nitrogens with one attached hydrogen (secondary N) is 3. The second-order valence-corrected chi connectivity index (χ2v) is 7.60. The van der Waals surface area contributed by atoms with Crippen LogP contribution in [0, 0.1) is 6.92 Å². The third-order valence-electron chi connectivity index (χ3n) is 4.51. The Balaban J connectivity index is 1.53. The third kappa shape index (κ3) is 4.66. The molecule has 0 aliphatic carbocycles. The van der Waals surface area contributed by atoms with Crippen LogP contribution in [0.15, 0.2) is 66.2 Å². The normalized spacial score (nSPS) is 11.8. The minimum atomic E-state index is -0.843. The van der Waals surface area contributed by atoms with Gasteiger partial charge in [-0.05, 0) is 30.7 Å². The topological polar surface area (TPSA) is 96.1 Å². The molecule has 4 rings (SSSR count). The maximum absolute atomic E-state index is 12.9. The van der Waals surface area contributed by atoms with Crippen LogP contribution in [-0.2, 0) is 11.2 Å². The molecule has 0 radical (unpaired) electrons. The fraction of sp³-hybridized carbons (Fsp3) is 0.136. The van der Waals surface area contributed by atoms with E-state index < -0.39 is 12.1 Å². The van der Waals surface area contributed by atoms with Gasteiger partial charge in [0.25, 0.3) is 0 Å². The molecule has 0 saturated carbocycles. The number of aromatic amines is 1. The Bertz CT molecular complexity index is 1170. The Labute approximate surface area is 177 Å². The lowest BCUT2D eigenvalue weighted by atomic mass is 10.0. The molecule has 2 aromatic heterocycles. The summed E-state index contributed by atoms with van der Waals surface area (Å²) in [6.45, 7) is 1.85. The lowest BCUT2D eigenvalue weighted by Gasteiger charge is -2.17. The van der Waals surface area contributed by atoms with Crippen molar-refractivity contribution in [2.45, 2.75) is 19.4 Å². The van der Waals surface area contributed by atoms with Gasteiger partial charge in [-0.25, -0.2) is 9.78 Å². The SMILES string of the molecule is Cc1csc(NC(=O)C(Cc2c[nH]c3ccccc23)NC(=O)Oc2ccccc2)n1. The number of carbonyl (C=O) groups excluding carboxylic acids is 2. The summed E-state index contributed by atoms with van der Waals surface area (Å²) in [5, 5.41) is 8.80. The zero-order valence-electron chi connectivity index (χ0n) is 16.2. The fourth-order valence-electron chi connectivity index (χ4n) is 3.10. The highest BCUT2D eigenvalue weighted by atomic mass is 32.1. The number of para-hydroxylation sites is 2. The van der Waals surface area contributed by atoms with Crippen LogP contribution < -0.4 is 15.4 Å². The van der Waals surface area contributed by atoms with E-state index in [0.717, 1.165) is 22.2 Å². The molecule has 2 amide bonds. The summed E-state index contributed by atoms with van der Waals surface area (Å²) in [7, 11) is 0. The third-order valence-corrected chi connectivity index (χ3v) is 5.39. The Kier molecular flexibility index (Phi) is 5.76. The molecule has 1 atom stereocenters. The molecule has 0 spiro atoms. The van der Waals surface area contributed by atoms with Gasteiger partial charge in [-0.15, -0.1) is 11.3 Å². The maximum atomic E-state index is 12.9. The number of amides is 2. The molecule has 1 unspecified atom stereocenters. The van der Waals surface area contributed by atoms with Gasteiger partial charge in [0.2, 0.25) is 5.91 Å². The average molecular weight is 420 g/mol. The molecular formula is C22H20N4O3S. The fourth-order valence-corrected chi connectivity index (χ4v) is 3.79. The van der Waals surface area contributed by atoms with Crippen molar-refractivity contribution in [3.05, 3.63) is 77.4 Å². The highest BCUT2D eigenvalue weighted by molar-refractivity contribution is 7.13. The van der Waals surface area contributed by atoms with Gasteiger partial charge in [-0.1, -0.05) is 36.4 Å². The van der Waals surface area contributed by atoms with Crippen LogP contribution in [0.25, 0.3) is 10.9 Å². The van der Waals surface area contributed by atoms with Crippen molar-refractivity contribution in [3.63, 3.8) is 0 Å². The molecule has 2 heterocycles. The van der Waals surface area contributed by atoms with Crippen LogP contribution in [0.1, 0.15) is 11.3 Å². The van der Waals surface area contributed by atoms with Gasteiger partial charge in [0.05, 0.1) is 5.69 Å². The summed E-state index contributed by atoms with van der Waals surface area (Å²) >= 11 is 1.33. The van der Waals surface area contributed by atoms with E-state index in [4.69, 9.17) is 4.74 Å². The van der Waals surface area contributed by atoms with Gasteiger partial charge in [0.1, 0.15) is 11.8 Å². The van der Waals surface area contributed by atoms with Crippen molar-refractivity contribution in [2.24, 2.45) is 0 Å². The van der Waals surface area contributed by atoms with E-state index in [9.17, 15) is 9.59 Å². The van der Waals surface area contributed by atoms with E-state index in [2.05, 4.69) is 20.6 Å². The first kappa shape index (κ1) is 19.7. The number of ether oxygens (including phenoxy) is 1. The first-order valence-corrected chi connectivity index (χ1v) is 10.3. The Morgan fingerprint density at radius 3 is 2.67 bits per heavy atom.